The second-order valence-corrected chi connectivity index (χ2v) is 4.39. The zero-order valence-corrected chi connectivity index (χ0v) is 10.1. The molecule has 0 radical (unpaired) electrons. The lowest BCUT2D eigenvalue weighted by Crippen LogP contribution is -2.42. The summed E-state index contributed by atoms with van der Waals surface area (Å²) >= 11 is 4.94. The van der Waals surface area contributed by atoms with Crippen molar-refractivity contribution in [2.45, 2.75) is 18.9 Å². The van der Waals surface area contributed by atoms with Crippen molar-refractivity contribution in [2.75, 3.05) is 11.9 Å². The van der Waals surface area contributed by atoms with Crippen molar-refractivity contribution < 1.29 is 4.79 Å². The highest BCUT2D eigenvalue weighted by Gasteiger charge is 2.18. The number of carbonyl (C=O) groups excluding carboxylic acids is 1. The number of nitrogens with zero attached hydrogens (tertiary/aromatic N) is 1. The van der Waals surface area contributed by atoms with Gasteiger partial charge < -0.3 is 16.4 Å². The van der Waals surface area contributed by atoms with Crippen LogP contribution in [0.5, 0.6) is 0 Å². The van der Waals surface area contributed by atoms with E-state index in [0.29, 0.717) is 18.7 Å². The predicted molar refractivity (Wildman–Crippen MR) is 69.8 cm³/mol. The van der Waals surface area contributed by atoms with Crippen LogP contribution in [0.1, 0.15) is 18.5 Å². The van der Waals surface area contributed by atoms with Crippen molar-refractivity contribution in [3.8, 4) is 0 Å². The molecule has 0 spiro atoms. The summed E-state index contributed by atoms with van der Waals surface area (Å²) in [6, 6.07) is 3.91. The number of nitrogens with two attached hydrogens (primary N) is 1. The van der Waals surface area contributed by atoms with E-state index in [0.717, 1.165) is 12.1 Å². The maximum Gasteiger partial charge on any atom is 0.220 e. The Morgan fingerprint density at radius 2 is 2.47 bits per heavy atom. The highest BCUT2D eigenvalue weighted by Crippen LogP contribution is 2.16. The first-order valence-corrected chi connectivity index (χ1v) is 5.85. The fourth-order valence-corrected chi connectivity index (χ4v) is 1.96. The van der Waals surface area contributed by atoms with Crippen molar-refractivity contribution in [2.24, 2.45) is 5.73 Å². The van der Waals surface area contributed by atoms with Gasteiger partial charge in [-0.1, -0.05) is 12.2 Å². The summed E-state index contributed by atoms with van der Waals surface area (Å²) in [5.74, 6) is 0.101. The first-order valence-electron chi connectivity index (χ1n) is 5.45. The Bertz CT molecular complexity index is 439. The van der Waals surface area contributed by atoms with Crippen LogP contribution in [0.3, 0.4) is 0 Å². The molecule has 1 unspecified atom stereocenters. The van der Waals surface area contributed by atoms with E-state index in [9.17, 15) is 4.79 Å². The molecular weight excluding hydrogens is 236 g/mol. The smallest absolute Gasteiger partial charge is 0.220 e. The van der Waals surface area contributed by atoms with Gasteiger partial charge >= 0.3 is 0 Å². The van der Waals surface area contributed by atoms with E-state index >= 15 is 0 Å². The van der Waals surface area contributed by atoms with Gasteiger partial charge in [-0.25, -0.2) is 0 Å². The molecule has 0 saturated carbocycles. The Labute approximate surface area is 105 Å². The number of thiocarbonyl (C=S) groups is 1. The third-order valence-corrected chi connectivity index (χ3v) is 2.86. The molecule has 0 bridgehead atoms. The molecule has 17 heavy (non-hydrogen) atoms. The van der Waals surface area contributed by atoms with Gasteiger partial charge in [-0.3, -0.25) is 9.78 Å². The summed E-state index contributed by atoms with van der Waals surface area (Å²) in [5, 5.41) is 6.12. The second kappa shape index (κ2) is 5.09. The first-order chi connectivity index (χ1) is 8.16. The molecule has 6 heteroatoms. The van der Waals surface area contributed by atoms with Crippen LogP contribution < -0.4 is 16.4 Å². The van der Waals surface area contributed by atoms with Gasteiger partial charge in [0, 0.05) is 25.2 Å². The van der Waals surface area contributed by atoms with Crippen molar-refractivity contribution >= 4 is 28.8 Å². The summed E-state index contributed by atoms with van der Waals surface area (Å²) in [6.45, 7) is 0.616. The molecule has 0 aliphatic carbocycles. The molecule has 90 valence electrons. The van der Waals surface area contributed by atoms with Gasteiger partial charge in [0.2, 0.25) is 5.91 Å². The third kappa shape index (κ3) is 2.91. The minimum absolute atomic E-state index is 0.101. The molecule has 1 aromatic heterocycles. The Balaban J connectivity index is 2.08. The van der Waals surface area contributed by atoms with E-state index in [4.69, 9.17) is 18.0 Å². The number of anilines is 1. The number of carbonyl (C=O) groups is 1. The Morgan fingerprint density at radius 3 is 3.12 bits per heavy atom. The molecule has 0 aromatic carbocycles. The quantitative estimate of drug-likeness (QED) is 0.677. The monoisotopic (exact) mass is 250 g/mol. The zero-order chi connectivity index (χ0) is 12.3. The van der Waals surface area contributed by atoms with Crippen LogP contribution in [0.2, 0.25) is 0 Å². The van der Waals surface area contributed by atoms with Crippen LogP contribution in [0.4, 0.5) is 5.69 Å². The molecule has 1 atom stereocenters. The molecule has 2 heterocycles. The topological polar surface area (TPSA) is 80.0 Å². The van der Waals surface area contributed by atoms with Crippen LogP contribution in [0.25, 0.3) is 0 Å². The lowest BCUT2D eigenvalue weighted by molar-refractivity contribution is -0.122. The van der Waals surface area contributed by atoms with E-state index < -0.39 is 0 Å². The number of amides is 1. The lowest BCUT2D eigenvalue weighted by atomic mass is 10.1. The van der Waals surface area contributed by atoms with Crippen LogP contribution in [0, 0.1) is 0 Å². The maximum absolute atomic E-state index is 11.0. The summed E-state index contributed by atoms with van der Waals surface area (Å²) in [7, 11) is 0. The Hall–Kier alpha value is -1.69. The van der Waals surface area contributed by atoms with Crippen molar-refractivity contribution in [1.29, 1.82) is 0 Å². The van der Waals surface area contributed by atoms with Gasteiger partial charge in [0.15, 0.2) is 0 Å². The summed E-state index contributed by atoms with van der Waals surface area (Å²) < 4.78 is 0. The van der Waals surface area contributed by atoms with E-state index in [-0.39, 0.29) is 16.9 Å². The van der Waals surface area contributed by atoms with E-state index in [1.165, 1.54) is 0 Å². The highest BCUT2D eigenvalue weighted by atomic mass is 32.1. The second-order valence-electron chi connectivity index (χ2n) is 3.95. The molecule has 1 aromatic rings. The average Bonchev–Trinajstić information content (AvgIpc) is 2.32. The van der Waals surface area contributed by atoms with Crippen LogP contribution >= 0.6 is 12.2 Å². The summed E-state index contributed by atoms with van der Waals surface area (Å²) in [4.78, 5) is 15.5. The molecule has 1 fully saturated rings. The fraction of sp³-hybridized carbons (Fsp3) is 0.364. The minimum atomic E-state index is 0.101. The summed E-state index contributed by atoms with van der Waals surface area (Å²) in [5.41, 5.74) is 7.02. The van der Waals surface area contributed by atoms with Crippen molar-refractivity contribution in [3.63, 3.8) is 0 Å². The van der Waals surface area contributed by atoms with Gasteiger partial charge in [0.05, 0.1) is 5.69 Å². The van der Waals surface area contributed by atoms with Gasteiger partial charge in [0.1, 0.15) is 10.7 Å². The average molecular weight is 250 g/mol. The Morgan fingerprint density at radius 1 is 1.65 bits per heavy atom. The maximum atomic E-state index is 11.0. The van der Waals surface area contributed by atoms with E-state index in [1.54, 1.807) is 6.20 Å². The highest BCUT2D eigenvalue weighted by molar-refractivity contribution is 7.80. The lowest BCUT2D eigenvalue weighted by Gasteiger charge is -2.25. The van der Waals surface area contributed by atoms with E-state index in [1.807, 2.05) is 12.1 Å². The molecule has 5 nitrogen and oxygen atoms in total. The number of piperidine rings is 1. The molecule has 1 amide bonds. The van der Waals surface area contributed by atoms with Crippen LogP contribution in [-0.4, -0.2) is 28.5 Å². The number of hydrogen-bond donors (Lipinski definition) is 3. The van der Waals surface area contributed by atoms with Crippen molar-refractivity contribution in [3.05, 3.63) is 24.0 Å². The van der Waals surface area contributed by atoms with Gasteiger partial charge in [-0.15, -0.1) is 0 Å². The van der Waals surface area contributed by atoms with Crippen LogP contribution in [0.15, 0.2) is 18.3 Å². The number of aromatic nitrogens is 1. The standard InChI is InChI=1S/C11H14N4OS/c12-11(17)10-8(2-1-5-13-10)15-7-3-4-9(16)14-6-7/h1-2,5,7,15H,3-4,6H2,(H2,12,17)(H,14,16). The van der Waals surface area contributed by atoms with Gasteiger partial charge in [-0.2, -0.15) is 0 Å². The molecule has 2 rings (SSSR count). The Kier molecular flexibility index (Phi) is 3.53. The molecular formula is C11H14N4OS. The van der Waals surface area contributed by atoms with E-state index in [2.05, 4.69) is 15.6 Å². The largest absolute Gasteiger partial charge is 0.388 e. The minimum Gasteiger partial charge on any atom is -0.388 e. The molecule has 1 saturated heterocycles. The summed E-state index contributed by atoms with van der Waals surface area (Å²) in [6.07, 6.45) is 3.00. The number of hydrogen-bond acceptors (Lipinski definition) is 4. The van der Waals surface area contributed by atoms with Gasteiger partial charge in [0.25, 0.3) is 0 Å². The molecule has 1 aliphatic rings. The molecule has 1 aliphatic heterocycles. The predicted octanol–water partition coefficient (Wildman–Crippen LogP) is 0.406. The normalized spacial score (nSPS) is 19.5. The number of rotatable bonds is 3. The number of pyridine rings is 1. The fourth-order valence-electron chi connectivity index (χ4n) is 1.79. The third-order valence-electron chi connectivity index (χ3n) is 2.67. The SMILES string of the molecule is NC(=S)c1ncccc1NC1CCC(=O)NC1. The number of nitrogens with one attached hydrogen (secondary N) is 2. The van der Waals surface area contributed by atoms with Crippen molar-refractivity contribution in [1.82, 2.24) is 10.3 Å². The van der Waals surface area contributed by atoms with Crippen LogP contribution in [-0.2, 0) is 4.79 Å². The molecule has 4 N–H and O–H groups in total. The zero-order valence-electron chi connectivity index (χ0n) is 9.27. The van der Waals surface area contributed by atoms with Gasteiger partial charge in [-0.05, 0) is 18.6 Å². The first kappa shape index (κ1) is 11.8.